The minimum atomic E-state index is -3.95. The maximum Gasteiger partial charge on any atom is 0.278 e. The smallest absolute Gasteiger partial charge is 0.278 e. The molecule has 0 aliphatic carbocycles. The molecule has 0 bridgehead atoms. The highest BCUT2D eigenvalue weighted by Crippen LogP contribution is 2.09. The predicted molar refractivity (Wildman–Crippen MR) is 37.8 cm³/mol. The van der Waals surface area contributed by atoms with Crippen LogP contribution in [-0.2, 0) is 10.1 Å². The van der Waals surface area contributed by atoms with E-state index in [0.29, 0.717) is 12.8 Å². The van der Waals surface area contributed by atoms with Crippen molar-refractivity contribution < 1.29 is 13.0 Å². The zero-order valence-electron chi connectivity index (χ0n) is 5.07. The Morgan fingerprint density at radius 3 is 2.22 bits per heavy atom. The van der Waals surface area contributed by atoms with E-state index in [1.54, 1.807) is 0 Å². The van der Waals surface area contributed by atoms with Crippen LogP contribution in [0.1, 0.15) is 19.8 Å². The molecule has 0 aliphatic rings. The normalized spacial score (nSPS) is 15.4. The Bertz CT molecular complexity index is 161. The Balaban J connectivity index is 3.90. The van der Waals surface area contributed by atoms with Gasteiger partial charge in [-0.15, -0.1) is 0 Å². The van der Waals surface area contributed by atoms with Crippen LogP contribution in [0.15, 0.2) is 0 Å². The van der Waals surface area contributed by atoms with Crippen LogP contribution in [0.2, 0.25) is 0 Å². The molecule has 0 saturated heterocycles. The molecule has 0 aromatic carbocycles. The van der Waals surface area contributed by atoms with Crippen molar-refractivity contribution in [2.45, 2.75) is 24.3 Å². The lowest BCUT2D eigenvalue weighted by Gasteiger charge is -2.01. The third-order valence-electron chi connectivity index (χ3n) is 0.857. The lowest BCUT2D eigenvalue weighted by Crippen LogP contribution is -2.12. The minimum absolute atomic E-state index is 0.341. The summed E-state index contributed by atoms with van der Waals surface area (Å²) in [6, 6.07) is 0. The molecular weight excluding hydrogens is 160 g/mol. The average molecular weight is 169 g/mol. The Hall–Kier alpha value is 0.260. The summed E-state index contributed by atoms with van der Waals surface area (Å²) in [6.45, 7) is 1.81. The third kappa shape index (κ3) is 3.77. The van der Waals surface area contributed by atoms with E-state index in [4.69, 9.17) is 4.55 Å². The summed E-state index contributed by atoms with van der Waals surface area (Å²) in [6.07, 6.45) is 1.02. The Labute approximate surface area is 60.6 Å². The van der Waals surface area contributed by atoms with Gasteiger partial charge in [0, 0.05) is 0 Å². The molecule has 55 valence electrons. The standard InChI is InChI=1S/C4H9O3S2/c1-2-3-4(8)9(5,6)7/h4H,2-3H2,1H3,(H,5,6,7). The van der Waals surface area contributed by atoms with Crippen LogP contribution >= 0.6 is 12.6 Å². The van der Waals surface area contributed by atoms with E-state index in [2.05, 4.69) is 12.6 Å². The van der Waals surface area contributed by atoms with Gasteiger partial charge in [0.1, 0.15) is 4.58 Å². The Kier molecular flexibility index (Phi) is 3.53. The molecule has 1 N–H and O–H groups in total. The van der Waals surface area contributed by atoms with Gasteiger partial charge in [-0.1, -0.05) is 26.0 Å². The van der Waals surface area contributed by atoms with Gasteiger partial charge in [0.2, 0.25) is 0 Å². The molecule has 9 heavy (non-hydrogen) atoms. The third-order valence-corrected chi connectivity index (χ3v) is 2.72. The molecule has 5 heteroatoms. The van der Waals surface area contributed by atoms with Gasteiger partial charge < -0.3 is 0 Å². The summed E-state index contributed by atoms with van der Waals surface area (Å²) >= 11 is 4.44. The second-order valence-corrected chi connectivity index (χ2v) is 4.20. The second kappa shape index (κ2) is 3.43. The molecule has 0 aromatic heterocycles. The highest BCUT2D eigenvalue weighted by Gasteiger charge is 2.16. The largest absolute Gasteiger partial charge is 0.285 e. The van der Waals surface area contributed by atoms with Gasteiger partial charge in [-0.25, -0.2) is 0 Å². The summed E-state index contributed by atoms with van der Waals surface area (Å²) in [5.74, 6) is 0. The van der Waals surface area contributed by atoms with E-state index >= 15 is 0 Å². The van der Waals surface area contributed by atoms with Crippen molar-refractivity contribution in [1.82, 2.24) is 0 Å². The summed E-state index contributed by atoms with van der Waals surface area (Å²) in [4.78, 5) is 0. The second-order valence-electron chi connectivity index (χ2n) is 1.73. The zero-order chi connectivity index (χ0) is 7.49. The highest BCUT2D eigenvalue weighted by molar-refractivity contribution is 8.01. The summed E-state index contributed by atoms with van der Waals surface area (Å²) in [5.41, 5.74) is 0. The van der Waals surface area contributed by atoms with Gasteiger partial charge in [0.25, 0.3) is 10.1 Å². The fourth-order valence-electron chi connectivity index (χ4n) is 0.385. The molecule has 0 saturated carbocycles. The molecule has 0 aliphatic heterocycles. The summed E-state index contributed by atoms with van der Waals surface area (Å²) in [5, 5.41) is 0. The minimum Gasteiger partial charge on any atom is -0.285 e. The molecule has 0 heterocycles. The molecule has 0 amide bonds. The van der Waals surface area contributed by atoms with Crippen LogP contribution in [0.3, 0.4) is 0 Å². The first kappa shape index (κ1) is 9.26. The zero-order valence-corrected chi connectivity index (χ0v) is 6.70. The van der Waals surface area contributed by atoms with Crippen molar-refractivity contribution >= 4 is 22.7 Å². The van der Waals surface area contributed by atoms with Gasteiger partial charge in [-0.3, -0.25) is 4.55 Å². The number of rotatable bonds is 3. The van der Waals surface area contributed by atoms with E-state index in [-0.39, 0.29) is 0 Å². The van der Waals surface area contributed by atoms with E-state index in [0.717, 1.165) is 0 Å². The molecule has 0 fully saturated rings. The monoisotopic (exact) mass is 169 g/mol. The van der Waals surface area contributed by atoms with Crippen LogP contribution in [0.5, 0.6) is 0 Å². The van der Waals surface area contributed by atoms with E-state index < -0.39 is 14.7 Å². The predicted octanol–water partition coefficient (Wildman–Crippen LogP) is 1.20. The van der Waals surface area contributed by atoms with E-state index in [1.807, 2.05) is 6.92 Å². The van der Waals surface area contributed by atoms with Gasteiger partial charge in [-0.2, -0.15) is 8.42 Å². The van der Waals surface area contributed by atoms with Gasteiger partial charge in [0.05, 0.1) is 0 Å². The van der Waals surface area contributed by atoms with Crippen molar-refractivity contribution in [3.8, 4) is 0 Å². The van der Waals surface area contributed by atoms with Crippen molar-refractivity contribution in [2.24, 2.45) is 0 Å². The van der Waals surface area contributed by atoms with Crippen molar-refractivity contribution in [3.63, 3.8) is 0 Å². The highest BCUT2D eigenvalue weighted by atomic mass is 32.3. The summed E-state index contributed by atoms with van der Waals surface area (Å²) in [7, 11) is -3.95. The fourth-order valence-corrected chi connectivity index (χ4v) is 1.15. The SMILES string of the molecule is CCCC([S])S(=O)(=O)O. The maximum absolute atomic E-state index is 10.2. The van der Waals surface area contributed by atoms with Crippen LogP contribution in [0.4, 0.5) is 0 Å². The Morgan fingerprint density at radius 2 is 2.11 bits per heavy atom. The lowest BCUT2D eigenvalue weighted by atomic mass is 10.4. The lowest BCUT2D eigenvalue weighted by molar-refractivity contribution is 0.477. The van der Waals surface area contributed by atoms with Crippen LogP contribution < -0.4 is 0 Å². The number of hydrogen-bond acceptors (Lipinski definition) is 2. The first-order valence-corrected chi connectivity index (χ1v) is 4.58. The van der Waals surface area contributed by atoms with Gasteiger partial charge >= 0.3 is 0 Å². The van der Waals surface area contributed by atoms with Gasteiger partial charge in [-0.05, 0) is 6.42 Å². The van der Waals surface area contributed by atoms with Crippen molar-refractivity contribution in [1.29, 1.82) is 0 Å². The van der Waals surface area contributed by atoms with E-state index in [9.17, 15) is 8.42 Å². The van der Waals surface area contributed by atoms with E-state index in [1.165, 1.54) is 0 Å². The molecule has 0 aromatic rings. The molecular formula is C4H9O3S2. The van der Waals surface area contributed by atoms with Crippen LogP contribution in [-0.4, -0.2) is 17.6 Å². The summed E-state index contributed by atoms with van der Waals surface area (Å²) < 4.78 is 27.6. The van der Waals surface area contributed by atoms with Crippen LogP contribution in [0, 0.1) is 0 Å². The topological polar surface area (TPSA) is 54.4 Å². The quantitative estimate of drug-likeness (QED) is 0.646. The number of hydrogen-bond donors (Lipinski definition) is 1. The molecule has 1 unspecified atom stereocenters. The van der Waals surface area contributed by atoms with Crippen molar-refractivity contribution in [3.05, 3.63) is 0 Å². The van der Waals surface area contributed by atoms with Gasteiger partial charge in [0.15, 0.2) is 0 Å². The molecule has 1 atom stereocenters. The first-order chi connectivity index (χ1) is 3.98. The first-order valence-electron chi connectivity index (χ1n) is 2.60. The maximum atomic E-state index is 10.2. The molecule has 1 radical (unpaired) electrons. The van der Waals surface area contributed by atoms with Crippen LogP contribution in [0.25, 0.3) is 0 Å². The van der Waals surface area contributed by atoms with Crippen molar-refractivity contribution in [2.75, 3.05) is 0 Å². The Morgan fingerprint density at radius 1 is 1.67 bits per heavy atom. The molecule has 3 nitrogen and oxygen atoms in total. The fraction of sp³-hybridized carbons (Fsp3) is 1.00. The average Bonchev–Trinajstić information content (AvgIpc) is 1.64. The molecule has 0 rings (SSSR count). The molecule has 0 spiro atoms.